The topological polar surface area (TPSA) is 65.6 Å². The molecule has 1 N–H and O–H groups in total. The van der Waals surface area contributed by atoms with Crippen LogP contribution in [0.2, 0.25) is 0 Å². The van der Waals surface area contributed by atoms with E-state index in [1.54, 1.807) is 32.4 Å². The van der Waals surface area contributed by atoms with Crippen molar-refractivity contribution in [1.82, 2.24) is 0 Å². The maximum Gasteiger partial charge on any atom is 0.227 e. The van der Waals surface area contributed by atoms with Gasteiger partial charge in [0.2, 0.25) is 5.52 Å². The van der Waals surface area contributed by atoms with Gasteiger partial charge in [0.25, 0.3) is 0 Å². The van der Waals surface area contributed by atoms with Crippen LogP contribution in [0.3, 0.4) is 0 Å². The number of pyridine rings is 1. The quantitative estimate of drug-likeness (QED) is 0.235. The lowest BCUT2D eigenvalue weighted by atomic mass is 10.0. The Morgan fingerprint density at radius 2 is 1.52 bits per heavy atom. The number of benzene rings is 1. The van der Waals surface area contributed by atoms with E-state index in [-0.39, 0.29) is 12.0 Å². The molecule has 1 aromatic heterocycles. The third kappa shape index (κ3) is 6.67. The van der Waals surface area contributed by atoms with E-state index in [2.05, 4.69) is 0 Å². The second-order valence-corrected chi connectivity index (χ2v) is 7.10. The van der Waals surface area contributed by atoms with E-state index in [4.69, 9.17) is 9.47 Å². The van der Waals surface area contributed by atoms with Crippen molar-refractivity contribution in [3.8, 4) is 5.75 Å². The lowest BCUT2D eigenvalue weighted by molar-refractivity contribution is -0.586. The van der Waals surface area contributed by atoms with Crippen molar-refractivity contribution in [3.05, 3.63) is 41.2 Å². The van der Waals surface area contributed by atoms with E-state index < -0.39 is 0 Å². The highest BCUT2D eigenvalue weighted by Crippen LogP contribution is 2.23. The molecule has 0 aliphatic rings. The van der Waals surface area contributed by atoms with Gasteiger partial charge in [-0.05, 0) is 25.3 Å². The molecule has 150 valence electrons. The highest BCUT2D eigenvalue weighted by atomic mass is 16.7. The van der Waals surface area contributed by atoms with E-state index in [0.717, 1.165) is 30.4 Å². The Morgan fingerprint density at radius 3 is 2.19 bits per heavy atom. The average Bonchev–Trinajstić information content (AvgIpc) is 2.70. The zero-order valence-corrected chi connectivity index (χ0v) is 16.7. The normalized spacial score (nSPS) is 11.5. The van der Waals surface area contributed by atoms with E-state index in [1.165, 1.54) is 32.1 Å². The molecular formula is C22H33NO4. The first-order valence-corrected chi connectivity index (χ1v) is 10.1. The largest absolute Gasteiger partial charge is 0.618 e. The molecule has 27 heavy (non-hydrogen) atoms. The summed E-state index contributed by atoms with van der Waals surface area (Å²) in [5, 5.41) is 23.2. The van der Waals surface area contributed by atoms with Crippen molar-refractivity contribution in [2.75, 3.05) is 14.2 Å². The molecule has 0 fully saturated rings. The molecule has 5 heteroatoms. The minimum atomic E-state index is -0.0664. The van der Waals surface area contributed by atoms with Crippen LogP contribution in [0.1, 0.15) is 63.5 Å². The van der Waals surface area contributed by atoms with Crippen LogP contribution in [0.4, 0.5) is 0 Å². The SMILES string of the molecule is COC(CCCCCCCCCCc1cc(O)c2ccccc2[n+]1[O-])OC. The maximum atomic E-state index is 12.4. The summed E-state index contributed by atoms with van der Waals surface area (Å²) in [4.78, 5) is 0. The molecule has 2 aromatic rings. The van der Waals surface area contributed by atoms with Gasteiger partial charge in [-0.3, -0.25) is 0 Å². The molecule has 5 nitrogen and oxygen atoms in total. The highest BCUT2D eigenvalue weighted by Gasteiger charge is 2.14. The smallest absolute Gasteiger partial charge is 0.227 e. The summed E-state index contributed by atoms with van der Waals surface area (Å²) < 4.78 is 11.3. The summed E-state index contributed by atoms with van der Waals surface area (Å²) in [5.74, 6) is 0.192. The van der Waals surface area contributed by atoms with Crippen molar-refractivity contribution >= 4 is 10.9 Å². The molecule has 0 saturated heterocycles. The molecule has 0 atom stereocenters. The number of fused-ring (bicyclic) bond motifs is 1. The first-order valence-electron chi connectivity index (χ1n) is 10.1. The Morgan fingerprint density at radius 1 is 0.926 bits per heavy atom. The van der Waals surface area contributed by atoms with E-state index in [1.807, 2.05) is 12.1 Å². The van der Waals surface area contributed by atoms with Crippen molar-refractivity contribution in [3.63, 3.8) is 0 Å². The van der Waals surface area contributed by atoms with E-state index in [9.17, 15) is 10.3 Å². The Bertz CT molecular complexity index is 685. The zero-order valence-electron chi connectivity index (χ0n) is 16.7. The molecule has 0 aliphatic heterocycles. The van der Waals surface area contributed by atoms with Gasteiger partial charge in [-0.25, -0.2) is 0 Å². The van der Waals surface area contributed by atoms with Gasteiger partial charge in [0.1, 0.15) is 5.75 Å². The lowest BCUT2D eigenvalue weighted by Crippen LogP contribution is -2.32. The second kappa shape index (κ2) is 11.8. The molecule has 0 unspecified atom stereocenters. The lowest BCUT2D eigenvalue weighted by Gasteiger charge is -2.12. The monoisotopic (exact) mass is 375 g/mol. The van der Waals surface area contributed by atoms with Gasteiger partial charge >= 0.3 is 0 Å². The van der Waals surface area contributed by atoms with Gasteiger partial charge in [-0.2, -0.15) is 4.73 Å². The molecule has 1 heterocycles. The van der Waals surface area contributed by atoms with Gasteiger partial charge in [-0.1, -0.05) is 50.7 Å². The molecule has 0 aliphatic carbocycles. The number of aromatic hydroxyl groups is 1. The van der Waals surface area contributed by atoms with Crippen LogP contribution < -0.4 is 4.73 Å². The Hall–Kier alpha value is -1.85. The van der Waals surface area contributed by atoms with Crippen LogP contribution >= 0.6 is 0 Å². The van der Waals surface area contributed by atoms with Crippen LogP contribution in [-0.4, -0.2) is 25.6 Å². The van der Waals surface area contributed by atoms with E-state index >= 15 is 0 Å². The van der Waals surface area contributed by atoms with Crippen LogP contribution in [-0.2, 0) is 15.9 Å². The second-order valence-electron chi connectivity index (χ2n) is 7.10. The first kappa shape index (κ1) is 21.5. The number of ether oxygens (including phenoxy) is 2. The fourth-order valence-electron chi connectivity index (χ4n) is 3.50. The summed E-state index contributed by atoms with van der Waals surface area (Å²) >= 11 is 0. The van der Waals surface area contributed by atoms with Gasteiger partial charge in [0.05, 0.1) is 5.39 Å². The van der Waals surface area contributed by atoms with Gasteiger partial charge in [0, 0.05) is 32.8 Å². The summed E-state index contributed by atoms with van der Waals surface area (Å²) in [5.41, 5.74) is 1.19. The molecule has 0 amide bonds. The van der Waals surface area contributed by atoms with Gasteiger partial charge < -0.3 is 19.8 Å². The third-order valence-corrected chi connectivity index (χ3v) is 5.11. The number of unbranched alkanes of at least 4 members (excludes halogenated alkanes) is 7. The fraction of sp³-hybridized carbons (Fsp3) is 0.591. The van der Waals surface area contributed by atoms with E-state index in [0.29, 0.717) is 23.0 Å². The van der Waals surface area contributed by atoms with Gasteiger partial charge in [0.15, 0.2) is 12.0 Å². The molecule has 0 radical (unpaired) electrons. The summed E-state index contributed by atoms with van der Waals surface area (Å²) in [6, 6.07) is 8.79. The number of hydrogen-bond donors (Lipinski definition) is 1. The predicted molar refractivity (Wildman–Crippen MR) is 108 cm³/mol. The number of para-hydroxylation sites is 1. The summed E-state index contributed by atoms with van der Waals surface area (Å²) in [6.07, 6.45) is 11.0. The minimum absolute atomic E-state index is 0.0664. The molecule has 0 bridgehead atoms. The number of aryl methyl sites for hydroxylation is 1. The summed E-state index contributed by atoms with van der Waals surface area (Å²) in [7, 11) is 3.36. The minimum Gasteiger partial charge on any atom is -0.618 e. The van der Waals surface area contributed by atoms with Crippen molar-refractivity contribution in [1.29, 1.82) is 0 Å². The molecule has 0 spiro atoms. The molecular weight excluding hydrogens is 342 g/mol. The molecule has 1 aromatic carbocycles. The maximum absolute atomic E-state index is 12.4. The van der Waals surface area contributed by atoms with Gasteiger partial charge in [-0.15, -0.1) is 0 Å². The third-order valence-electron chi connectivity index (χ3n) is 5.11. The van der Waals surface area contributed by atoms with Crippen LogP contribution in [0.5, 0.6) is 5.75 Å². The molecule has 2 rings (SSSR count). The number of methoxy groups -OCH3 is 2. The standard InChI is InChI=1S/C22H33NO4/c1-26-22(27-2)16-10-8-6-4-3-5-7-9-13-18-17-21(24)19-14-11-12-15-20(19)23(18)25/h11-12,14-15,17,22,24H,3-10,13,16H2,1-2H3. The Labute approximate surface area is 162 Å². The summed E-state index contributed by atoms with van der Waals surface area (Å²) in [6.45, 7) is 0. The predicted octanol–water partition coefficient (Wildman–Crippen LogP) is 4.85. The zero-order chi connectivity index (χ0) is 19.5. The fourth-order valence-corrected chi connectivity index (χ4v) is 3.50. The number of hydrogen-bond acceptors (Lipinski definition) is 4. The van der Waals surface area contributed by atoms with Crippen molar-refractivity contribution < 1.29 is 19.3 Å². The Balaban J connectivity index is 1.60. The Kier molecular flexibility index (Phi) is 9.36. The van der Waals surface area contributed by atoms with Crippen molar-refractivity contribution in [2.24, 2.45) is 0 Å². The number of nitrogens with zero attached hydrogens (tertiary/aromatic N) is 1. The van der Waals surface area contributed by atoms with Crippen LogP contribution in [0.15, 0.2) is 30.3 Å². The number of rotatable bonds is 13. The molecule has 0 saturated carbocycles. The van der Waals surface area contributed by atoms with Crippen LogP contribution in [0.25, 0.3) is 10.9 Å². The first-order chi connectivity index (χ1) is 13.2. The number of aromatic nitrogens is 1. The van der Waals surface area contributed by atoms with Crippen molar-refractivity contribution in [2.45, 2.75) is 70.5 Å². The van der Waals surface area contributed by atoms with Crippen LogP contribution in [0, 0.1) is 5.21 Å². The average molecular weight is 376 g/mol. The highest BCUT2D eigenvalue weighted by molar-refractivity contribution is 5.82.